The first-order chi connectivity index (χ1) is 7.39. The molecule has 1 aromatic carbocycles. The van der Waals surface area contributed by atoms with Crippen LogP contribution in [0.1, 0.15) is 20.8 Å². The summed E-state index contributed by atoms with van der Waals surface area (Å²) in [6, 6.07) is 4.77. The standard InChI is InChI=1S/C11H16FNO2S/c1-4-13(9(2)3)16(14,15)11-7-5-10(12)6-8-11/h5-9H,4H2,1-3H3. The van der Waals surface area contributed by atoms with Crippen LogP contribution in [0.3, 0.4) is 0 Å². The molecule has 0 unspecified atom stereocenters. The van der Waals surface area contributed by atoms with Crippen LogP contribution in [-0.4, -0.2) is 25.3 Å². The van der Waals surface area contributed by atoms with Crippen LogP contribution in [0.25, 0.3) is 0 Å². The molecule has 0 fully saturated rings. The summed E-state index contributed by atoms with van der Waals surface area (Å²) in [6.45, 7) is 5.80. The molecule has 5 heteroatoms. The van der Waals surface area contributed by atoms with Crippen molar-refractivity contribution < 1.29 is 12.8 Å². The van der Waals surface area contributed by atoms with E-state index in [0.29, 0.717) is 6.54 Å². The molecule has 16 heavy (non-hydrogen) atoms. The van der Waals surface area contributed by atoms with Crippen LogP contribution in [0, 0.1) is 5.82 Å². The molecule has 0 spiro atoms. The fourth-order valence-electron chi connectivity index (χ4n) is 1.55. The second-order valence-electron chi connectivity index (χ2n) is 3.76. The first-order valence-corrected chi connectivity index (χ1v) is 6.61. The molecule has 0 amide bonds. The number of hydrogen-bond acceptors (Lipinski definition) is 2. The van der Waals surface area contributed by atoms with Gasteiger partial charge >= 0.3 is 0 Å². The van der Waals surface area contributed by atoms with Crippen LogP contribution in [0.5, 0.6) is 0 Å². The molecular weight excluding hydrogens is 229 g/mol. The van der Waals surface area contributed by atoms with E-state index in [2.05, 4.69) is 0 Å². The highest BCUT2D eigenvalue weighted by Crippen LogP contribution is 2.18. The van der Waals surface area contributed by atoms with Gasteiger partial charge in [-0.2, -0.15) is 4.31 Å². The van der Waals surface area contributed by atoms with Gasteiger partial charge in [0.1, 0.15) is 5.82 Å². The Balaban J connectivity index is 3.15. The first kappa shape index (κ1) is 13.1. The Hall–Kier alpha value is -0.940. The normalized spacial score (nSPS) is 12.4. The average molecular weight is 245 g/mol. The van der Waals surface area contributed by atoms with Gasteiger partial charge in [-0.25, -0.2) is 12.8 Å². The third-order valence-corrected chi connectivity index (χ3v) is 4.47. The van der Waals surface area contributed by atoms with Gasteiger partial charge in [-0.1, -0.05) is 6.92 Å². The SMILES string of the molecule is CCN(C(C)C)S(=O)(=O)c1ccc(F)cc1. The summed E-state index contributed by atoms with van der Waals surface area (Å²) in [5, 5.41) is 0. The quantitative estimate of drug-likeness (QED) is 0.816. The summed E-state index contributed by atoms with van der Waals surface area (Å²) in [5.41, 5.74) is 0. The fourth-order valence-corrected chi connectivity index (χ4v) is 3.20. The summed E-state index contributed by atoms with van der Waals surface area (Å²) in [4.78, 5) is 0.129. The van der Waals surface area contributed by atoms with Gasteiger partial charge in [0, 0.05) is 12.6 Å². The lowest BCUT2D eigenvalue weighted by atomic mass is 10.4. The monoisotopic (exact) mass is 245 g/mol. The highest BCUT2D eigenvalue weighted by atomic mass is 32.2. The van der Waals surface area contributed by atoms with Crippen molar-refractivity contribution in [2.75, 3.05) is 6.54 Å². The van der Waals surface area contributed by atoms with Gasteiger partial charge < -0.3 is 0 Å². The van der Waals surface area contributed by atoms with Gasteiger partial charge in [0.15, 0.2) is 0 Å². The van der Waals surface area contributed by atoms with E-state index in [9.17, 15) is 12.8 Å². The van der Waals surface area contributed by atoms with Gasteiger partial charge in [-0.05, 0) is 38.1 Å². The minimum absolute atomic E-state index is 0.111. The molecule has 0 aliphatic carbocycles. The van der Waals surface area contributed by atoms with Crippen LogP contribution in [0.15, 0.2) is 29.2 Å². The number of nitrogens with zero attached hydrogens (tertiary/aromatic N) is 1. The number of hydrogen-bond donors (Lipinski definition) is 0. The van der Waals surface area contributed by atoms with Gasteiger partial charge in [0.2, 0.25) is 10.0 Å². The van der Waals surface area contributed by atoms with Crippen molar-refractivity contribution in [1.82, 2.24) is 4.31 Å². The van der Waals surface area contributed by atoms with Crippen LogP contribution < -0.4 is 0 Å². The molecule has 0 saturated carbocycles. The van der Waals surface area contributed by atoms with Gasteiger partial charge in [0.25, 0.3) is 0 Å². The molecule has 0 saturated heterocycles. The zero-order valence-electron chi connectivity index (χ0n) is 9.64. The maximum atomic E-state index is 12.7. The number of benzene rings is 1. The maximum Gasteiger partial charge on any atom is 0.243 e. The average Bonchev–Trinajstić information content (AvgIpc) is 2.18. The lowest BCUT2D eigenvalue weighted by Gasteiger charge is -2.24. The summed E-state index contributed by atoms with van der Waals surface area (Å²) in [7, 11) is -3.50. The van der Waals surface area contributed by atoms with Crippen molar-refractivity contribution in [2.45, 2.75) is 31.7 Å². The Kier molecular flexibility index (Phi) is 4.04. The molecule has 1 aromatic rings. The molecule has 1 rings (SSSR count). The molecule has 90 valence electrons. The molecule has 0 aromatic heterocycles. The van der Waals surface area contributed by atoms with E-state index in [1.807, 2.05) is 13.8 Å². The molecule has 0 aliphatic heterocycles. The topological polar surface area (TPSA) is 37.4 Å². The van der Waals surface area contributed by atoms with Crippen molar-refractivity contribution in [2.24, 2.45) is 0 Å². The van der Waals surface area contributed by atoms with E-state index >= 15 is 0 Å². The second kappa shape index (κ2) is 4.93. The fraction of sp³-hybridized carbons (Fsp3) is 0.455. The Labute approximate surface area is 95.9 Å². The van der Waals surface area contributed by atoms with E-state index in [-0.39, 0.29) is 10.9 Å². The molecular formula is C11H16FNO2S. The molecule has 0 radical (unpaired) electrons. The van der Waals surface area contributed by atoms with Crippen molar-refractivity contribution in [3.8, 4) is 0 Å². The summed E-state index contributed by atoms with van der Waals surface area (Å²) in [5.74, 6) is -0.438. The van der Waals surface area contributed by atoms with E-state index < -0.39 is 15.8 Å². The van der Waals surface area contributed by atoms with Crippen LogP contribution in [0.2, 0.25) is 0 Å². The minimum atomic E-state index is -3.50. The largest absolute Gasteiger partial charge is 0.243 e. The number of sulfonamides is 1. The number of halogens is 1. The van der Waals surface area contributed by atoms with E-state index in [1.54, 1.807) is 6.92 Å². The van der Waals surface area contributed by atoms with E-state index in [1.165, 1.54) is 16.4 Å². The van der Waals surface area contributed by atoms with Crippen molar-refractivity contribution in [3.05, 3.63) is 30.1 Å². The minimum Gasteiger partial charge on any atom is -0.207 e. The Morgan fingerprint density at radius 3 is 2.12 bits per heavy atom. The second-order valence-corrected chi connectivity index (χ2v) is 5.65. The van der Waals surface area contributed by atoms with Gasteiger partial charge in [-0.3, -0.25) is 0 Å². The molecule has 0 heterocycles. The highest BCUT2D eigenvalue weighted by Gasteiger charge is 2.25. The summed E-state index contributed by atoms with van der Waals surface area (Å²) >= 11 is 0. The van der Waals surface area contributed by atoms with E-state index in [0.717, 1.165) is 12.1 Å². The molecule has 0 atom stereocenters. The Morgan fingerprint density at radius 2 is 1.75 bits per heavy atom. The molecule has 0 bridgehead atoms. The van der Waals surface area contributed by atoms with Crippen molar-refractivity contribution in [3.63, 3.8) is 0 Å². The van der Waals surface area contributed by atoms with Crippen LogP contribution >= 0.6 is 0 Å². The lowest BCUT2D eigenvalue weighted by molar-refractivity contribution is 0.369. The van der Waals surface area contributed by atoms with Gasteiger partial charge in [0.05, 0.1) is 4.90 Å². The molecule has 0 N–H and O–H groups in total. The zero-order valence-corrected chi connectivity index (χ0v) is 10.5. The zero-order chi connectivity index (χ0) is 12.3. The molecule has 3 nitrogen and oxygen atoms in total. The van der Waals surface area contributed by atoms with Crippen molar-refractivity contribution >= 4 is 10.0 Å². The maximum absolute atomic E-state index is 12.7. The molecule has 0 aliphatic rings. The van der Waals surface area contributed by atoms with Crippen molar-refractivity contribution in [1.29, 1.82) is 0 Å². The third-order valence-electron chi connectivity index (χ3n) is 2.31. The van der Waals surface area contributed by atoms with E-state index in [4.69, 9.17) is 0 Å². The highest BCUT2D eigenvalue weighted by molar-refractivity contribution is 7.89. The summed E-state index contributed by atoms with van der Waals surface area (Å²) < 4.78 is 38.3. The smallest absolute Gasteiger partial charge is 0.207 e. The first-order valence-electron chi connectivity index (χ1n) is 5.17. The lowest BCUT2D eigenvalue weighted by Crippen LogP contribution is -2.36. The Morgan fingerprint density at radius 1 is 1.25 bits per heavy atom. The summed E-state index contributed by atoms with van der Waals surface area (Å²) in [6.07, 6.45) is 0. The van der Waals surface area contributed by atoms with Crippen LogP contribution in [0.4, 0.5) is 4.39 Å². The predicted octanol–water partition coefficient (Wildman–Crippen LogP) is 2.24. The van der Waals surface area contributed by atoms with Gasteiger partial charge in [-0.15, -0.1) is 0 Å². The predicted molar refractivity (Wildman–Crippen MR) is 61.1 cm³/mol. The van der Waals surface area contributed by atoms with Crippen LogP contribution in [-0.2, 0) is 10.0 Å². The Bertz CT molecular complexity index is 440. The third kappa shape index (κ3) is 2.59. The number of rotatable bonds is 4.